The van der Waals surface area contributed by atoms with Crippen LogP contribution < -0.4 is 5.32 Å². The number of hydrogen-bond donors (Lipinski definition) is 1. The maximum absolute atomic E-state index is 12.9. The molecule has 33 heavy (non-hydrogen) atoms. The lowest BCUT2D eigenvalue weighted by atomic mass is 10.0. The van der Waals surface area contributed by atoms with Crippen molar-refractivity contribution in [2.45, 2.75) is 38.1 Å². The minimum absolute atomic E-state index is 0.0342. The number of nitrogens with one attached hydrogen (secondary N) is 1. The Bertz CT molecular complexity index is 1240. The number of thiazole rings is 1. The number of amides is 1. The van der Waals surface area contributed by atoms with Gasteiger partial charge < -0.3 is 5.32 Å². The number of carbonyl (C=O) groups excluding carboxylic acids is 1. The van der Waals surface area contributed by atoms with E-state index in [2.05, 4.69) is 66.5 Å². The third-order valence-electron chi connectivity index (χ3n) is 5.83. The van der Waals surface area contributed by atoms with Crippen molar-refractivity contribution in [1.82, 2.24) is 9.88 Å². The molecule has 2 aromatic heterocycles. The molecule has 0 fully saturated rings. The van der Waals surface area contributed by atoms with Crippen molar-refractivity contribution in [3.63, 3.8) is 0 Å². The summed E-state index contributed by atoms with van der Waals surface area (Å²) < 4.78 is 1.18. The third kappa shape index (κ3) is 5.01. The minimum atomic E-state index is 0.0342. The van der Waals surface area contributed by atoms with Crippen LogP contribution in [-0.2, 0) is 17.8 Å². The zero-order valence-corrected chi connectivity index (χ0v) is 21.3. The first-order valence-corrected chi connectivity index (χ1v) is 13.9. The number of benzene rings is 2. The summed E-state index contributed by atoms with van der Waals surface area (Å²) in [5.41, 5.74) is 4.76. The Kier molecular flexibility index (Phi) is 6.83. The maximum atomic E-state index is 12.9. The summed E-state index contributed by atoms with van der Waals surface area (Å²) in [4.78, 5) is 22.9. The van der Waals surface area contributed by atoms with Gasteiger partial charge in [0.1, 0.15) is 10.0 Å². The SMILES string of the molecule is CCCN1CCc2c(sc(NC(=O)CSc3ccc(C)cc3)c2-c2nc3ccccc3s2)C1. The highest BCUT2D eigenvalue weighted by Gasteiger charge is 2.27. The molecule has 0 radical (unpaired) electrons. The van der Waals surface area contributed by atoms with Gasteiger partial charge in [-0.25, -0.2) is 4.98 Å². The molecule has 4 aromatic rings. The molecule has 0 unspecified atom stereocenters. The summed E-state index contributed by atoms with van der Waals surface area (Å²) in [7, 11) is 0. The van der Waals surface area contributed by atoms with E-state index in [-0.39, 0.29) is 5.91 Å². The molecule has 1 N–H and O–H groups in total. The van der Waals surface area contributed by atoms with Crippen molar-refractivity contribution in [3.05, 3.63) is 64.5 Å². The van der Waals surface area contributed by atoms with E-state index in [1.807, 2.05) is 6.07 Å². The number of thiophene rings is 1. The van der Waals surface area contributed by atoms with Crippen LogP contribution in [0.2, 0.25) is 0 Å². The van der Waals surface area contributed by atoms with Crippen molar-refractivity contribution < 1.29 is 4.79 Å². The van der Waals surface area contributed by atoms with E-state index in [4.69, 9.17) is 4.98 Å². The van der Waals surface area contributed by atoms with Gasteiger partial charge in [-0.15, -0.1) is 34.4 Å². The van der Waals surface area contributed by atoms with E-state index in [9.17, 15) is 4.79 Å². The molecule has 2 aromatic carbocycles. The lowest BCUT2D eigenvalue weighted by molar-refractivity contribution is -0.113. The number of carbonyl (C=O) groups is 1. The first-order valence-electron chi connectivity index (χ1n) is 11.3. The van der Waals surface area contributed by atoms with Gasteiger partial charge in [-0.05, 0) is 56.1 Å². The molecule has 3 heterocycles. The predicted octanol–water partition coefficient (Wildman–Crippen LogP) is 6.83. The highest BCUT2D eigenvalue weighted by molar-refractivity contribution is 8.00. The topological polar surface area (TPSA) is 45.2 Å². The molecule has 0 saturated carbocycles. The first-order chi connectivity index (χ1) is 16.1. The van der Waals surface area contributed by atoms with Crippen LogP contribution in [0.3, 0.4) is 0 Å². The van der Waals surface area contributed by atoms with Crippen molar-refractivity contribution >= 4 is 55.6 Å². The highest BCUT2D eigenvalue weighted by atomic mass is 32.2. The molecule has 1 aliphatic heterocycles. The Morgan fingerprint density at radius 2 is 1.97 bits per heavy atom. The monoisotopic (exact) mass is 493 g/mol. The van der Waals surface area contributed by atoms with Gasteiger partial charge in [0.05, 0.1) is 16.0 Å². The Hall–Kier alpha value is -2.19. The van der Waals surface area contributed by atoms with E-state index in [1.54, 1.807) is 34.4 Å². The van der Waals surface area contributed by atoms with E-state index in [0.717, 1.165) is 58.5 Å². The van der Waals surface area contributed by atoms with Crippen LogP contribution in [0.1, 0.15) is 29.3 Å². The largest absolute Gasteiger partial charge is 0.316 e. The van der Waals surface area contributed by atoms with Gasteiger partial charge in [-0.2, -0.15) is 0 Å². The maximum Gasteiger partial charge on any atom is 0.235 e. The fraction of sp³-hybridized carbons (Fsp3) is 0.308. The van der Waals surface area contributed by atoms with Gasteiger partial charge >= 0.3 is 0 Å². The number of para-hydroxylation sites is 1. The molecule has 0 bridgehead atoms. The molecule has 5 rings (SSSR count). The van der Waals surface area contributed by atoms with Crippen LogP contribution in [0.25, 0.3) is 20.8 Å². The molecule has 0 aliphatic carbocycles. The van der Waals surface area contributed by atoms with Gasteiger partial charge in [0.2, 0.25) is 5.91 Å². The first kappa shape index (κ1) is 22.6. The Morgan fingerprint density at radius 1 is 1.15 bits per heavy atom. The van der Waals surface area contributed by atoms with Crippen molar-refractivity contribution in [1.29, 1.82) is 0 Å². The molecule has 0 atom stereocenters. The van der Waals surface area contributed by atoms with Crippen LogP contribution in [0.15, 0.2) is 53.4 Å². The molecular formula is C26H27N3OS3. The molecule has 1 amide bonds. The van der Waals surface area contributed by atoms with E-state index in [0.29, 0.717) is 5.75 Å². The minimum Gasteiger partial charge on any atom is -0.316 e. The normalized spacial score (nSPS) is 13.9. The number of aromatic nitrogens is 1. The highest BCUT2D eigenvalue weighted by Crippen LogP contribution is 2.45. The Labute approximate surface area is 207 Å². The van der Waals surface area contributed by atoms with Crippen molar-refractivity contribution in [2.75, 3.05) is 24.2 Å². The Morgan fingerprint density at radius 3 is 2.76 bits per heavy atom. The summed E-state index contributed by atoms with van der Waals surface area (Å²) in [5.74, 6) is 0.430. The molecule has 0 spiro atoms. The van der Waals surface area contributed by atoms with E-state index < -0.39 is 0 Å². The second-order valence-corrected chi connectivity index (χ2v) is 11.6. The standard InChI is InChI=1S/C26H27N3OS3/c1-3-13-29-14-12-19-22(15-29)33-26(24(19)25-27-20-6-4-5-7-21(20)32-25)28-23(30)16-31-18-10-8-17(2)9-11-18/h4-11H,3,12-16H2,1-2H3,(H,28,30). The summed E-state index contributed by atoms with van der Waals surface area (Å²) in [6.07, 6.45) is 2.16. The van der Waals surface area contributed by atoms with Gasteiger partial charge in [-0.1, -0.05) is 36.8 Å². The summed E-state index contributed by atoms with van der Waals surface area (Å²) in [6, 6.07) is 16.6. The number of fused-ring (bicyclic) bond motifs is 2. The average Bonchev–Trinajstić information content (AvgIpc) is 3.39. The predicted molar refractivity (Wildman–Crippen MR) is 143 cm³/mol. The van der Waals surface area contributed by atoms with E-state index in [1.165, 1.54) is 20.7 Å². The number of nitrogens with zero attached hydrogens (tertiary/aromatic N) is 2. The summed E-state index contributed by atoms with van der Waals surface area (Å²) >= 11 is 5.02. The molecule has 1 aliphatic rings. The fourth-order valence-electron chi connectivity index (χ4n) is 4.20. The number of anilines is 1. The number of rotatable bonds is 7. The zero-order chi connectivity index (χ0) is 22.8. The average molecular weight is 494 g/mol. The van der Waals surface area contributed by atoms with Crippen LogP contribution in [0.5, 0.6) is 0 Å². The smallest absolute Gasteiger partial charge is 0.235 e. The summed E-state index contributed by atoms with van der Waals surface area (Å²) in [5, 5.41) is 5.21. The van der Waals surface area contributed by atoms with Crippen LogP contribution in [-0.4, -0.2) is 34.6 Å². The van der Waals surface area contributed by atoms with Gasteiger partial charge in [0, 0.05) is 28.4 Å². The Balaban J connectivity index is 1.43. The lowest BCUT2D eigenvalue weighted by Crippen LogP contribution is -2.30. The zero-order valence-electron chi connectivity index (χ0n) is 18.9. The second kappa shape index (κ2) is 9.97. The van der Waals surface area contributed by atoms with Crippen LogP contribution >= 0.6 is 34.4 Å². The molecule has 7 heteroatoms. The lowest BCUT2D eigenvalue weighted by Gasteiger charge is -2.26. The molecule has 170 valence electrons. The molecule has 0 saturated heterocycles. The third-order valence-corrected chi connectivity index (χ3v) is 9.03. The van der Waals surface area contributed by atoms with Crippen LogP contribution in [0.4, 0.5) is 5.00 Å². The van der Waals surface area contributed by atoms with E-state index >= 15 is 0 Å². The quantitative estimate of drug-likeness (QED) is 0.287. The molecular weight excluding hydrogens is 467 g/mol. The van der Waals surface area contributed by atoms with Crippen molar-refractivity contribution in [3.8, 4) is 10.6 Å². The van der Waals surface area contributed by atoms with Gasteiger partial charge in [0.15, 0.2) is 0 Å². The second-order valence-electron chi connectivity index (χ2n) is 8.37. The van der Waals surface area contributed by atoms with Gasteiger partial charge in [-0.3, -0.25) is 9.69 Å². The number of aryl methyl sites for hydroxylation is 1. The van der Waals surface area contributed by atoms with Crippen LogP contribution in [0, 0.1) is 6.92 Å². The molecule has 4 nitrogen and oxygen atoms in total. The number of thioether (sulfide) groups is 1. The fourth-order valence-corrected chi connectivity index (χ4v) is 7.32. The van der Waals surface area contributed by atoms with Crippen molar-refractivity contribution in [2.24, 2.45) is 0 Å². The summed E-state index contributed by atoms with van der Waals surface area (Å²) in [6.45, 7) is 7.44. The van der Waals surface area contributed by atoms with Gasteiger partial charge in [0.25, 0.3) is 0 Å². The number of hydrogen-bond acceptors (Lipinski definition) is 6.